The number of allylic oxidation sites excluding steroid dienone is 2. The molecule has 0 aromatic heterocycles. The van der Waals surface area contributed by atoms with E-state index in [1.807, 2.05) is 19.0 Å². The van der Waals surface area contributed by atoms with Crippen LogP contribution in [0.2, 0.25) is 0 Å². The minimum atomic E-state index is -4.36. The maximum absolute atomic E-state index is 12.7. The smallest absolute Gasteiger partial charge is 0.462 e. The summed E-state index contributed by atoms with van der Waals surface area (Å²) in [5.41, 5.74) is 0. The van der Waals surface area contributed by atoms with Gasteiger partial charge in [-0.05, 0) is 52.6 Å². The highest BCUT2D eigenvalue weighted by Gasteiger charge is 2.26. The van der Waals surface area contributed by atoms with Crippen LogP contribution < -0.4 is 0 Å². The lowest BCUT2D eigenvalue weighted by atomic mass is 10.0. The number of carbonyl (C=O) groups is 2. The van der Waals surface area contributed by atoms with Crippen LogP contribution in [0.25, 0.3) is 0 Å². The number of nitrogens with zero attached hydrogens (tertiary/aromatic N) is 1. The zero-order chi connectivity index (χ0) is 41.9. The summed E-state index contributed by atoms with van der Waals surface area (Å²) in [7, 11) is -0.705. The molecule has 0 heterocycles. The number of phosphoric ester groups is 1. The lowest BCUT2D eigenvalue weighted by Gasteiger charge is -2.20. The third-order valence-corrected chi connectivity index (χ3v) is 11.6. The third-order valence-electron chi connectivity index (χ3n) is 10.6. The lowest BCUT2D eigenvalue weighted by molar-refractivity contribution is -0.161. The van der Waals surface area contributed by atoms with Crippen LogP contribution in [0.1, 0.15) is 232 Å². The fraction of sp³-hybridized carbons (Fsp3) is 0.915. The van der Waals surface area contributed by atoms with E-state index >= 15 is 0 Å². The molecule has 0 fully saturated rings. The SMILES string of the molecule is CCCCCC/C=C\CCCCCCCC(=O)OCC(COP(=O)(O)OCCN(C)C)OC(=O)CCCCCCCCCCCCCCCCCCCCCCC. The number of unbranched alkanes of at least 4 members (excludes halogenated alkanes) is 29. The average Bonchev–Trinajstić information content (AvgIpc) is 3.18. The summed E-state index contributed by atoms with van der Waals surface area (Å²) < 4.78 is 33.5. The van der Waals surface area contributed by atoms with Crippen molar-refractivity contribution in [1.82, 2.24) is 4.90 Å². The molecule has 338 valence electrons. The fourth-order valence-corrected chi connectivity index (χ4v) is 7.60. The Labute approximate surface area is 352 Å². The summed E-state index contributed by atoms with van der Waals surface area (Å²) in [6.45, 7) is 4.34. The van der Waals surface area contributed by atoms with E-state index in [9.17, 15) is 19.0 Å². The third kappa shape index (κ3) is 44.1. The van der Waals surface area contributed by atoms with Crippen LogP contribution in [0.4, 0.5) is 0 Å². The van der Waals surface area contributed by atoms with Crippen molar-refractivity contribution in [2.45, 2.75) is 238 Å². The van der Waals surface area contributed by atoms with Gasteiger partial charge in [-0.1, -0.05) is 193 Å². The van der Waals surface area contributed by atoms with Crippen LogP contribution in [0.15, 0.2) is 12.2 Å². The van der Waals surface area contributed by atoms with Gasteiger partial charge in [-0.3, -0.25) is 18.6 Å². The Balaban J connectivity index is 4.16. The van der Waals surface area contributed by atoms with Crippen LogP contribution in [0, 0.1) is 0 Å². The van der Waals surface area contributed by atoms with Gasteiger partial charge >= 0.3 is 19.8 Å². The Morgan fingerprint density at radius 2 is 0.895 bits per heavy atom. The molecule has 0 radical (unpaired) electrons. The van der Waals surface area contributed by atoms with Crippen molar-refractivity contribution in [3.63, 3.8) is 0 Å². The molecular formula is C47H92NO8P. The minimum Gasteiger partial charge on any atom is -0.462 e. The Kier molecular flexibility index (Phi) is 41.9. The molecule has 0 aromatic carbocycles. The lowest BCUT2D eigenvalue weighted by Crippen LogP contribution is -2.29. The Bertz CT molecular complexity index is 962. The number of phosphoric acid groups is 1. The highest BCUT2D eigenvalue weighted by molar-refractivity contribution is 7.47. The number of hydrogen-bond donors (Lipinski definition) is 1. The molecule has 0 aliphatic rings. The summed E-state index contributed by atoms with van der Waals surface area (Å²) in [5, 5.41) is 0. The minimum absolute atomic E-state index is 0.00944. The normalized spacial score (nSPS) is 13.4. The van der Waals surface area contributed by atoms with Crippen LogP contribution in [0.5, 0.6) is 0 Å². The first-order valence-electron chi connectivity index (χ1n) is 24.0. The number of esters is 2. The zero-order valence-corrected chi connectivity index (χ0v) is 38.7. The zero-order valence-electron chi connectivity index (χ0n) is 37.8. The van der Waals surface area contributed by atoms with Gasteiger partial charge in [0.25, 0.3) is 0 Å². The monoisotopic (exact) mass is 830 g/mol. The summed E-state index contributed by atoms with van der Waals surface area (Å²) in [6, 6.07) is 0. The molecule has 0 aliphatic heterocycles. The number of likely N-dealkylation sites (N-methyl/N-ethyl adjacent to an activating group) is 1. The van der Waals surface area contributed by atoms with Crippen molar-refractivity contribution >= 4 is 19.8 Å². The van der Waals surface area contributed by atoms with E-state index < -0.39 is 26.5 Å². The topological polar surface area (TPSA) is 112 Å². The molecule has 0 aromatic rings. The van der Waals surface area contributed by atoms with Gasteiger partial charge in [0.1, 0.15) is 6.61 Å². The highest BCUT2D eigenvalue weighted by Crippen LogP contribution is 2.43. The molecule has 0 aliphatic carbocycles. The van der Waals surface area contributed by atoms with Crippen LogP contribution >= 0.6 is 7.82 Å². The Morgan fingerprint density at radius 1 is 0.526 bits per heavy atom. The van der Waals surface area contributed by atoms with Crippen molar-refractivity contribution in [3.8, 4) is 0 Å². The van der Waals surface area contributed by atoms with Gasteiger partial charge in [0.2, 0.25) is 0 Å². The summed E-state index contributed by atoms with van der Waals surface area (Å²) in [4.78, 5) is 37.1. The van der Waals surface area contributed by atoms with Gasteiger partial charge in [-0.2, -0.15) is 0 Å². The molecule has 10 heteroatoms. The van der Waals surface area contributed by atoms with E-state index in [0.717, 1.165) is 51.4 Å². The molecular weight excluding hydrogens is 737 g/mol. The predicted octanol–water partition coefficient (Wildman–Crippen LogP) is 14.0. The molecule has 0 spiro atoms. The maximum atomic E-state index is 12.7. The van der Waals surface area contributed by atoms with Crippen molar-refractivity contribution in [3.05, 3.63) is 12.2 Å². The molecule has 2 atom stereocenters. The second-order valence-electron chi connectivity index (χ2n) is 16.6. The molecule has 1 N–H and O–H groups in total. The first kappa shape index (κ1) is 55.8. The van der Waals surface area contributed by atoms with Gasteiger partial charge in [0.15, 0.2) is 6.10 Å². The van der Waals surface area contributed by atoms with Gasteiger partial charge in [0, 0.05) is 19.4 Å². The van der Waals surface area contributed by atoms with E-state index in [2.05, 4.69) is 26.0 Å². The standard InChI is InChI=1S/C47H92NO8P/c1-5-7-9-11-13-15-17-19-20-21-22-23-24-25-26-28-30-32-34-36-38-40-47(50)56-45(44-55-57(51,52)54-42-41-48(3)4)43-53-46(49)39-37-35-33-31-29-27-18-16-14-12-10-8-6-2/h16,18,45H,5-15,17,19-44H2,1-4H3,(H,51,52)/b18-16-. The van der Waals surface area contributed by atoms with E-state index in [4.69, 9.17) is 18.5 Å². The van der Waals surface area contributed by atoms with Gasteiger partial charge in [0.05, 0.1) is 13.2 Å². The molecule has 0 saturated carbocycles. The number of rotatable bonds is 45. The Hall–Kier alpha value is -1.25. The fourth-order valence-electron chi connectivity index (χ4n) is 6.86. The number of carbonyl (C=O) groups excluding carboxylic acids is 2. The quantitative estimate of drug-likeness (QED) is 0.0277. The maximum Gasteiger partial charge on any atom is 0.472 e. The number of hydrogen-bond acceptors (Lipinski definition) is 8. The molecule has 0 bridgehead atoms. The van der Waals surface area contributed by atoms with E-state index in [0.29, 0.717) is 13.0 Å². The van der Waals surface area contributed by atoms with Crippen LogP contribution in [-0.4, -0.2) is 68.3 Å². The van der Waals surface area contributed by atoms with Crippen molar-refractivity contribution in [2.75, 3.05) is 40.5 Å². The van der Waals surface area contributed by atoms with Gasteiger partial charge < -0.3 is 19.3 Å². The first-order valence-corrected chi connectivity index (χ1v) is 25.5. The van der Waals surface area contributed by atoms with Crippen molar-refractivity contribution in [2.24, 2.45) is 0 Å². The molecule has 9 nitrogen and oxygen atoms in total. The second-order valence-corrected chi connectivity index (χ2v) is 18.1. The summed E-state index contributed by atoms with van der Waals surface area (Å²) >= 11 is 0. The molecule has 2 unspecified atom stereocenters. The molecule has 0 amide bonds. The second kappa shape index (κ2) is 42.9. The van der Waals surface area contributed by atoms with Gasteiger partial charge in [-0.25, -0.2) is 4.57 Å². The highest BCUT2D eigenvalue weighted by atomic mass is 31.2. The average molecular weight is 830 g/mol. The van der Waals surface area contributed by atoms with E-state index in [1.54, 1.807) is 0 Å². The van der Waals surface area contributed by atoms with E-state index in [1.165, 1.54) is 148 Å². The summed E-state index contributed by atoms with van der Waals surface area (Å²) in [6.07, 6.45) is 44.0. The van der Waals surface area contributed by atoms with E-state index in [-0.39, 0.29) is 32.0 Å². The molecule has 57 heavy (non-hydrogen) atoms. The van der Waals surface area contributed by atoms with Crippen LogP contribution in [0.3, 0.4) is 0 Å². The largest absolute Gasteiger partial charge is 0.472 e. The Morgan fingerprint density at radius 3 is 1.32 bits per heavy atom. The summed E-state index contributed by atoms with van der Waals surface area (Å²) in [5.74, 6) is -0.800. The van der Waals surface area contributed by atoms with Gasteiger partial charge in [-0.15, -0.1) is 0 Å². The van der Waals surface area contributed by atoms with Crippen LogP contribution in [-0.2, 0) is 32.7 Å². The predicted molar refractivity (Wildman–Crippen MR) is 239 cm³/mol. The molecule has 0 rings (SSSR count). The number of ether oxygens (including phenoxy) is 2. The first-order chi connectivity index (χ1) is 27.7. The molecule has 0 saturated heterocycles. The van der Waals surface area contributed by atoms with Crippen molar-refractivity contribution in [1.29, 1.82) is 0 Å². The van der Waals surface area contributed by atoms with Crippen molar-refractivity contribution < 1.29 is 37.6 Å².